The maximum absolute atomic E-state index is 12.7. The van der Waals surface area contributed by atoms with Crippen LogP contribution in [0.5, 0.6) is 0 Å². The van der Waals surface area contributed by atoms with Crippen LogP contribution in [-0.4, -0.2) is 27.2 Å². The highest BCUT2D eigenvalue weighted by Gasteiger charge is 2.15. The molecule has 0 aliphatic heterocycles. The predicted molar refractivity (Wildman–Crippen MR) is 108 cm³/mol. The van der Waals surface area contributed by atoms with E-state index in [-0.39, 0.29) is 17.5 Å². The minimum absolute atomic E-state index is 0.0757. The van der Waals surface area contributed by atoms with Gasteiger partial charge in [-0.1, -0.05) is 54.6 Å². The molecule has 0 saturated heterocycles. The maximum atomic E-state index is 12.7. The van der Waals surface area contributed by atoms with Crippen molar-refractivity contribution in [3.8, 4) is 11.1 Å². The Balaban J connectivity index is 1.82. The third-order valence-corrected chi connectivity index (χ3v) is 5.74. The molecule has 3 N–H and O–H groups in total. The summed E-state index contributed by atoms with van der Waals surface area (Å²) >= 11 is 0. The van der Waals surface area contributed by atoms with E-state index >= 15 is 0 Å². The summed E-state index contributed by atoms with van der Waals surface area (Å²) in [6.07, 6.45) is 0. The number of nitrogens with one attached hydrogen (secondary N) is 2. The van der Waals surface area contributed by atoms with Gasteiger partial charge in [-0.25, -0.2) is 8.42 Å². The van der Waals surface area contributed by atoms with Crippen molar-refractivity contribution in [1.82, 2.24) is 5.32 Å². The fourth-order valence-corrected chi connectivity index (χ4v) is 3.90. The molecule has 0 fully saturated rings. The lowest BCUT2D eigenvalue weighted by molar-refractivity contribution is 0.251. The molecule has 0 saturated carbocycles. The fourth-order valence-electron chi connectivity index (χ4n) is 2.85. The molecule has 0 aromatic heterocycles. The number of hydrogen-bond acceptors (Lipinski definition) is 4. The summed E-state index contributed by atoms with van der Waals surface area (Å²) in [4.78, 5) is 0.194. The molecule has 5 nitrogen and oxygen atoms in total. The van der Waals surface area contributed by atoms with Crippen molar-refractivity contribution in [2.75, 3.05) is 18.4 Å². The van der Waals surface area contributed by atoms with Gasteiger partial charge in [0.15, 0.2) is 0 Å². The van der Waals surface area contributed by atoms with E-state index in [1.807, 2.05) is 36.4 Å². The summed E-state index contributed by atoms with van der Waals surface area (Å²) in [6.45, 7) is -0.0757. The highest BCUT2D eigenvalue weighted by atomic mass is 32.2. The van der Waals surface area contributed by atoms with Gasteiger partial charge in [-0.15, -0.1) is 0 Å². The van der Waals surface area contributed by atoms with Gasteiger partial charge >= 0.3 is 0 Å². The maximum Gasteiger partial charge on any atom is 0.261 e. The van der Waals surface area contributed by atoms with E-state index < -0.39 is 10.0 Å². The average molecular weight is 382 g/mol. The van der Waals surface area contributed by atoms with Crippen molar-refractivity contribution >= 4 is 15.7 Å². The van der Waals surface area contributed by atoms with Gasteiger partial charge in [-0.05, 0) is 48.0 Å². The first-order chi connectivity index (χ1) is 13.0. The number of benzene rings is 3. The Bertz CT molecular complexity index is 983. The predicted octanol–water partition coefficient (Wildman–Crippen LogP) is 3.41. The van der Waals surface area contributed by atoms with E-state index in [1.165, 1.54) is 0 Å². The summed E-state index contributed by atoms with van der Waals surface area (Å²) in [6, 6.07) is 23.3. The standard InChI is InChI=1S/C21H22N2O3S/c1-22-21(15-24)18-8-5-9-19(14-18)23-27(25,26)20-12-10-17(11-13-20)16-6-3-2-4-7-16/h2-14,21-24H,15H2,1H3. The first-order valence-electron chi connectivity index (χ1n) is 8.60. The number of aliphatic hydroxyl groups is 1. The van der Waals surface area contributed by atoms with Gasteiger partial charge in [-0.3, -0.25) is 4.72 Å². The molecule has 0 aliphatic carbocycles. The summed E-state index contributed by atoms with van der Waals surface area (Å²) in [5.74, 6) is 0. The number of sulfonamides is 1. The van der Waals surface area contributed by atoms with Crippen LogP contribution < -0.4 is 10.0 Å². The van der Waals surface area contributed by atoms with Crippen LogP contribution in [0, 0.1) is 0 Å². The molecule has 1 atom stereocenters. The molecule has 0 spiro atoms. The zero-order valence-electron chi connectivity index (χ0n) is 15.0. The van der Waals surface area contributed by atoms with Crippen LogP contribution in [0.3, 0.4) is 0 Å². The zero-order chi connectivity index (χ0) is 19.3. The van der Waals surface area contributed by atoms with Crippen molar-refractivity contribution < 1.29 is 13.5 Å². The lowest BCUT2D eigenvalue weighted by Gasteiger charge is -2.15. The second-order valence-corrected chi connectivity index (χ2v) is 7.83. The SMILES string of the molecule is CNC(CO)c1cccc(NS(=O)(=O)c2ccc(-c3ccccc3)cc2)c1. The molecule has 1 unspecified atom stereocenters. The lowest BCUT2D eigenvalue weighted by Crippen LogP contribution is -2.20. The van der Waals surface area contributed by atoms with Gasteiger partial charge in [0.25, 0.3) is 10.0 Å². The summed E-state index contributed by atoms with van der Waals surface area (Å²) in [5.41, 5.74) is 3.24. The van der Waals surface area contributed by atoms with E-state index in [2.05, 4.69) is 10.0 Å². The number of likely N-dealkylation sites (N-methyl/N-ethyl adjacent to an activating group) is 1. The Labute approximate surface area is 159 Å². The largest absolute Gasteiger partial charge is 0.394 e. The third-order valence-electron chi connectivity index (χ3n) is 4.34. The molecule has 3 aromatic rings. The second-order valence-electron chi connectivity index (χ2n) is 6.15. The van der Waals surface area contributed by atoms with Crippen molar-refractivity contribution in [1.29, 1.82) is 0 Å². The van der Waals surface area contributed by atoms with Crippen LogP contribution in [0.2, 0.25) is 0 Å². The van der Waals surface area contributed by atoms with Gasteiger partial charge in [0.1, 0.15) is 0 Å². The topological polar surface area (TPSA) is 78.4 Å². The number of hydrogen-bond donors (Lipinski definition) is 3. The first-order valence-corrected chi connectivity index (χ1v) is 10.1. The average Bonchev–Trinajstić information content (AvgIpc) is 2.70. The van der Waals surface area contributed by atoms with Crippen molar-refractivity contribution in [3.63, 3.8) is 0 Å². The molecule has 6 heteroatoms. The Morgan fingerprint density at radius 1 is 0.889 bits per heavy atom. The van der Waals surface area contributed by atoms with Gasteiger partial charge in [-0.2, -0.15) is 0 Å². The smallest absolute Gasteiger partial charge is 0.261 e. The second kappa shape index (κ2) is 8.35. The van der Waals surface area contributed by atoms with Crippen molar-refractivity contribution in [3.05, 3.63) is 84.4 Å². The van der Waals surface area contributed by atoms with Crippen LogP contribution in [0.25, 0.3) is 11.1 Å². The normalized spacial score (nSPS) is 12.5. The molecule has 3 rings (SSSR count). The fraction of sp³-hybridized carbons (Fsp3) is 0.143. The van der Waals surface area contributed by atoms with Crippen molar-refractivity contribution in [2.45, 2.75) is 10.9 Å². The number of rotatable bonds is 7. The number of anilines is 1. The Kier molecular flexibility index (Phi) is 5.91. The molecule has 0 amide bonds. The molecular formula is C21H22N2O3S. The van der Waals surface area contributed by atoms with E-state index in [1.54, 1.807) is 49.5 Å². The monoisotopic (exact) mass is 382 g/mol. The molecule has 0 bridgehead atoms. The molecule has 0 heterocycles. The van der Waals surface area contributed by atoms with Crippen LogP contribution in [0.4, 0.5) is 5.69 Å². The first kappa shape index (κ1) is 19.1. The van der Waals surface area contributed by atoms with Gasteiger partial charge in [0.05, 0.1) is 17.5 Å². The Morgan fingerprint density at radius 2 is 1.56 bits per heavy atom. The van der Waals surface area contributed by atoms with Gasteiger partial charge in [0.2, 0.25) is 0 Å². The third kappa shape index (κ3) is 4.54. The zero-order valence-corrected chi connectivity index (χ0v) is 15.8. The summed E-state index contributed by atoms with van der Waals surface area (Å²) in [5, 5.41) is 12.4. The highest BCUT2D eigenvalue weighted by Crippen LogP contribution is 2.23. The van der Waals surface area contributed by atoms with Crippen LogP contribution in [0.1, 0.15) is 11.6 Å². The molecule has 0 aliphatic rings. The molecule has 140 valence electrons. The summed E-state index contributed by atoms with van der Waals surface area (Å²) in [7, 11) is -1.96. The van der Waals surface area contributed by atoms with E-state index in [0.29, 0.717) is 5.69 Å². The quantitative estimate of drug-likeness (QED) is 0.585. The molecule has 27 heavy (non-hydrogen) atoms. The Hall–Kier alpha value is -2.67. The lowest BCUT2D eigenvalue weighted by atomic mass is 10.1. The molecular weight excluding hydrogens is 360 g/mol. The van der Waals surface area contributed by atoms with Gasteiger partial charge < -0.3 is 10.4 Å². The Morgan fingerprint density at radius 3 is 2.19 bits per heavy atom. The van der Waals surface area contributed by atoms with E-state index in [4.69, 9.17) is 0 Å². The molecule has 0 radical (unpaired) electrons. The summed E-state index contributed by atoms with van der Waals surface area (Å²) < 4.78 is 28.0. The van der Waals surface area contributed by atoms with E-state index in [9.17, 15) is 13.5 Å². The minimum atomic E-state index is -3.70. The van der Waals surface area contributed by atoms with Crippen molar-refractivity contribution in [2.24, 2.45) is 0 Å². The van der Waals surface area contributed by atoms with E-state index in [0.717, 1.165) is 16.7 Å². The minimum Gasteiger partial charge on any atom is -0.394 e. The van der Waals surface area contributed by atoms with Gasteiger partial charge in [0, 0.05) is 5.69 Å². The van der Waals surface area contributed by atoms with Crippen LogP contribution in [0.15, 0.2) is 83.8 Å². The van der Waals surface area contributed by atoms with Crippen LogP contribution >= 0.6 is 0 Å². The number of aliphatic hydroxyl groups excluding tert-OH is 1. The van der Waals surface area contributed by atoms with Crippen LogP contribution in [-0.2, 0) is 10.0 Å². The molecule has 3 aromatic carbocycles. The highest BCUT2D eigenvalue weighted by molar-refractivity contribution is 7.92.